The highest BCUT2D eigenvalue weighted by molar-refractivity contribution is 5.97. The first-order chi connectivity index (χ1) is 8.83. The predicted molar refractivity (Wildman–Crippen MR) is 67.2 cm³/mol. The summed E-state index contributed by atoms with van der Waals surface area (Å²) in [5.74, 6) is 0.135. The van der Waals surface area contributed by atoms with Gasteiger partial charge >= 0.3 is 0 Å². The summed E-state index contributed by atoms with van der Waals surface area (Å²) in [5, 5.41) is 0. The van der Waals surface area contributed by atoms with Gasteiger partial charge in [-0.3, -0.25) is 9.78 Å². The molecule has 0 saturated carbocycles. The minimum atomic E-state index is 0.135. The Hall–Kier alpha value is -2.00. The SMILES string of the molecule is O=C(Cc1ccncc1)c1ccc2c(c1)COC2. The zero-order valence-electron chi connectivity index (χ0n) is 9.93. The summed E-state index contributed by atoms with van der Waals surface area (Å²) < 4.78 is 5.35. The number of aromatic nitrogens is 1. The van der Waals surface area contributed by atoms with Crippen molar-refractivity contribution >= 4 is 5.78 Å². The summed E-state index contributed by atoms with van der Waals surface area (Å²) in [6.07, 6.45) is 3.83. The molecule has 0 unspecified atom stereocenters. The van der Waals surface area contributed by atoms with Crippen LogP contribution < -0.4 is 0 Å². The highest BCUT2D eigenvalue weighted by Gasteiger charge is 2.14. The molecule has 1 aromatic heterocycles. The molecule has 0 amide bonds. The van der Waals surface area contributed by atoms with Crippen molar-refractivity contribution in [3.8, 4) is 0 Å². The second-order valence-electron chi connectivity index (χ2n) is 4.43. The maximum absolute atomic E-state index is 12.2. The molecule has 0 saturated heterocycles. The maximum Gasteiger partial charge on any atom is 0.167 e. The number of hydrogen-bond donors (Lipinski definition) is 0. The van der Waals surface area contributed by atoms with Crippen molar-refractivity contribution in [2.24, 2.45) is 0 Å². The Bertz CT molecular complexity index is 578. The summed E-state index contributed by atoms with van der Waals surface area (Å²) >= 11 is 0. The molecule has 1 aliphatic heterocycles. The molecule has 90 valence electrons. The first kappa shape index (κ1) is 11.1. The van der Waals surface area contributed by atoms with E-state index in [9.17, 15) is 4.79 Å². The molecule has 2 heterocycles. The molecule has 0 atom stereocenters. The van der Waals surface area contributed by atoms with Crippen molar-refractivity contribution < 1.29 is 9.53 Å². The van der Waals surface area contributed by atoms with Crippen molar-refractivity contribution in [1.29, 1.82) is 0 Å². The maximum atomic E-state index is 12.2. The first-order valence-electron chi connectivity index (χ1n) is 5.94. The van der Waals surface area contributed by atoms with E-state index in [2.05, 4.69) is 4.98 Å². The highest BCUT2D eigenvalue weighted by atomic mass is 16.5. The first-order valence-corrected chi connectivity index (χ1v) is 5.94. The van der Waals surface area contributed by atoms with Crippen LogP contribution in [0.3, 0.4) is 0 Å². The zero-order chi connectivity index (χ0) is 12.4. The third kappa shape index (κ3) is 2.17. The highest BCUT2D eigenvalue weighted by Crippen LogP contribution is 2.21. The summed E-state index contributed by atoms with van der Waals surface area (Å²) in [6, 6.07) is 9.56. The van der Waals surface area contributed by atoms with Gasteiger partial charge in [0.2, 0.25) is 0 Å². The summed E-state index contributed by atoms with van der Waals surface area (Å²) in [5.41, 5.74) is 4.08. The number of carbonyl (C=O) groups excluding carboxylic acids is 1. The topological polar surface area (TPSA) is 39.2 Å². The number of benzene rings is 1. The molecule has 3 heteroatoms. The van der Waals surface area contributed by atoms with Crippen LogP contribution in [-0.4, -0.2) is 10.8 Å². The molecular formula is C15H13NO2. The number of rotatable bonds is 3. The van der Waals surface area contributed by atoms with Crippen LogP contribution in [0.25, 0.3) is 0 Å². The average Bonchev–Trinajstić information content (AvgIpc) is 2.87. The van der Waals surface area contributed by atoms with Crippen LogP contribution in [0.15, 0.2) is 42.7 Å². The molecule has 0 N–H and O–H groups in total. The van der Waals surface area contributed by atoms with Gasteiger partial charge in [-0.05, 0) is 34.9 Å². The Morgan fingerprint density at radius 2 is 1.89 bits per heavy atom. The monoisotopic (exact) mass is 239 g/mol. The molecule has 0 aliphatic carbocycles. The third-order valence-corrected chi connectivity index (χ3v) is 3.16. The van der Waals surface area contributed by atoms with Crippen LogP contribution in [0.1, 0.15) is 27.0 Å². The minimum Gasteiger partial charge on any atom is -0.372 e. The Labute approximate surface area is 105 Å². The molecule has 3 nitrogen and oxygen atoms in total. The van der Waals surface area contributed by atoms with Gasteiger partial charge < -0.3 is 4.74 Å². The second kappa shape index (κ2) is 4.70. The Morgan fingerprint density at radius 1 is 1.11 bits per heavy atom. The van der Waals surface area contributed by atoms with E-state index < -0.39 is 0 Å². The van der Waals surface area contributed by atoms with Gasteiger partial charge in [-0.2, -0.15) is 0 Å². The fraction of sp³-hybridized carbons (Fsp3) is 0.200. The minimum absolute atomic E-state index is 0.135. The van der Waals surface area contributed by atoms with E-state index in [0.717, 1.165) is 16.7 Å². The Morgan fingerprint density at radius 3 is 2.72 bits per heavy atom. The second-order valence-corrected chi connectivity index (χ2v) is 4.43. The lowest BCUT2D eigenvalue weighted by Crippen LogP contribution is -2.04. The molecule has 2 aromatic rings. The fourth-order valence-electron chi connectivity index (χ4n) is 2.13. The van der Waals surface area contributed by atoms with Crippen LogP contribution in [0.5, 0.6) is 0 Å². The van der Waals surface area contributed by atoms with Gasteiger partial charge in [0.25, 0.3) is 0 Å². The lowest BCUT2D eigenvalue weighted by molar-refractivity contribution is 0.0993. The molecule has 3 rings (SSSR count). The van der Waals surface area contributed by atoms with Crippen LogP contribution in [0.2, 0.25) is 0 Å². The van der Waals surface area contributed by atoms with Gasteiger partial charge in [-0.25, -0.2) is 0 Å². The van der Waals surface area contributed by atoms with Gasteiger partial charge in [0, 0.05) is 24.4 Å². The molecule has 0 bridgehead atoms. The summed E-state index contributed by atoms with van der Waals surface area (Å²) in [7, 11) is 0. The zero-order valence-corrected chi connectivity index (χ0v) is 9.93. The number of nitrogens with zero attached hydrogens (tertiary/aromatic N) is 1. The van der Waals surface area contributed by atoms with Gasteiger partial charge in [-0.1, -0.05) is 12.1 Å². The smallest absolute Gasteiger partial charge is 0.167 e. The van der Waals surface area contributed by atoms with Crippen molar-refractivity contribution in [3.63, 3.8) is 0 Å². The van der Waals surface area contributed by atoms with Crippen molar-refractivity contribution in [2.75, 3.05) is 0 Å². The molecule has 0 spiro atoms. The van der Waals surface area contributed by atoms with Gasteiger partial charge in [0.1, 0.15) is 0 Å². The van der Waals surface area contributed by atoms with Crippen LogP contribution in [0.4, 0.5) is 0 Å². The van der Waals surface area contributed by atoms with E-state index in [-0.39, 0.29) is 5.78 Å². The van der Waals surface area contributed by atoms with Gasteiger partial charge in [0.05, 0.1) is 13.2 Å². The fourth-order valence-corrected chi connectivity index (χ4v) is 2.13. The summed E-state index contributed by atoms with van der Waals surface area (Å²) in [6.45, 7) is 1.28. The third-order valence-electron chi connectivity index (χ3n) is 3.16. The number of ether oxygens (including phenoxy) is 1. The van der Waals surface area contributed by atoms with E-state index in [1.165, 1.54) is 5.56 Å². The van der Waals surface area contributed by atoms with E-state index in [1.807, 2.05) is 30.3 Å². The lowest BCUT2D eigenvalue weighted by Gasteiger charge is -2.03. The molecule has 18 heavy (non-hydrogen) atoms. The quantitative estimate of drug-likeness (QED) is 0.773. The molecular weight excluding hydrogens is 226 g/mol. The van der Waals surface area contributed by atoms with Gasteiger partial charge in [-0.15, -0.1) is 0 Å². The number of ketones is 1. The predicted octanol–water partition coefficient (Wildman–Crippen LogP) is 2.54. The summed E-state index contributed by atoms with van der Waals surface area (Å²) in [4.78, 5) is 16.1. The van der Waals surface area contributed by atoms with E-state index >= 15 is 0 Å². The van der Waals surface area contributed by atoms with Crippen molar-refractivity contribution in [2.45, 2.75) is 19.6 Å². The van der Waals surface area contributed by atoms with Crippen LogP contribution in [-0.2, 0) is 24.4 Å². The lowest BCUT2D eigenvalue weighted by atomic mass is 10.00. The average molecular weight is 239 g/mol. The van der Waals surface area contributed by atoms with Crippen LogP contribution in [0, 0.1) is 0 Å². The standard InChI is InChI=1S/C15H13NO2/c17-15(7-11-3-5-16-6-4-11)12-1-2-13-9-18-10-14(13)8-12/h1-6,8H,7,9-10H2. The number of hydrogen-bond acceptors (Lipinski definition) is 3. The van der Waals surface area contributed by atoms with Crippen molar-refractivity contribution in [1.82, 2.24) is 4.98 Å². The van der Waals surface area contributed by atoms with E-state index in [1.54, 1.807) is 12.4 Å². The Balaban J connectivity index is 1.81. The number of pyridine rings is 1. The normalized spacial score (nSPS) is 13.3. The molecule has 0 fully saturated rings. The molecule has 0 radical (unpaired) electrons. The van der Waals surface area contributed by atoms with Gasteiger partial charge in [0.15, 0.2) is 5.78 Å². The number of carbonyl (C=O) groups is 1. The van der Waals surface area contributed by atoms with Crippen LogP contribution >= 0.6 is 0 Å². The number of fused-ring (bicyclic) bond motifs is 1. The van der Waals surface area contributed by atoms with Crippen molar-refractivity contribution in [3.05, 3.63) is 65.0 Å². The largest absolute Gasteiger partial charge is 0.372 e. The molecule has 1 aliphatic rings. The Kier molecular flexibility index (Phi) is 2.90. The van der Waals surface area contributed by atoms with E-state index in [4.69, 9.17) is 4.74 Å². The molecule has 1 aromatic carbocycles. The number of Topliss-reactive ketones (excluding diaryl/α,β-unsaturated/α-hetero) is 1. The van der Waals surface area contributed by atoms with E-state index in [0.29, 0.717) is 19.6 Å².